The molecule has 1 atom stereocenters. The standard InChI is InChI=1S/C18H29N5O3.2ClH/c1-12(2)17(19)18(26)20-11-16(25)22-14-7-5-13(6-8-14)21-15(24)9-10-23(3)4;;/h5-8,12,17H,9-11,19H2,1-4H3,(H,20,26)(H,21,24)(H,22,25);2*1H/t17-;;/m0../s1. The zero-order valence-corrected chi connectivity index (χ0v) is 18.3. The van der Waals surface area contributed by atoms with Crippen LogP contribution in [0, 0.1) is 5.92 Å². The second kappa shape index (κ2) is 14.2. The Balaban J connectivity index is 0. The molecule has 0 fully saturated rings. The van der Waals surface area contributed by atoms with E-state index < -0.39 is 6.04 Å². The molecule has 1 aromatic carbocycles. The molecule has 0 spiro atoms. The Bertz CT molecular complexity index is 624. The molecule has 0 aliphatic heterocycles. The fourth-order valence-electron chi connectivity index (χ4n) is 1.98. The number of amides is 3. The number of halogens is 2. The molecule has 0 radical (unpaired) electrons. The van der Waals surface area contributed by atoms with Gasteiger partial charge in [-0.3, -0.25) is 14.4 Å². The lowest BCUT2D eigenvalue weighted by Crippen LogP contribution is -2.46. The number of nitrogens with zero attached hydrogens (tertiary/aromatic N) is 1. The highest BCUT2D eigenvalue weighted by Crippen LogP contribution is 2.13. The zero-order chi connectivity index (χ0) is 19.7. The minimum absolute atomic E-state index is 0. The molecule has 0 aliphatic rings. The average molecular weight is 436 g/mol. The average Bonchev–Trinajstić information content (AvgIpc) is 2.58. The van der Waals surface area contributed by atoms with Crippen molar-refractivity contribution in [2.24, 2.45) is 11.7 Å². The molecule has 8 nitrogen and oxygen atoms in total. The maximum atomic E-state index is 11.9. The highest BCUT2D eigenvalue weighted by Gasteiger charge is 2.17. The van der Waals surface area contributed by atoms with E-state index in [0.717, 1.165) is 0 Å². The molecular weight excluding hydrogens is 405 g/mol. The van der Waals surface area contributed by atoms with Crippen molar-refractivity contribution < 1.29 is 14.4 Å². The molecular formula is C18H31Cl2N5O3. The van der Waals surface area contributed by atoms with Gasteiger partial charge in [-0.1, -0.05) is 13.8 Å². The molecule has 0 bridgehead atoms. The first-order valence-electron chi connectivity index (χ1n) is 8.57. The third kappa shape index (κ3) is 11.1. The van der Waals surface area contributed by atoms with E-state index in [0.29, 0.717) is 24.3 Å². The Morgan fingerprint density at radius 2 is 1.43 bits per heavy atom. The van der Waals surface area contributed by atoms with Crippen molar-refractivity contribution >= 4 is 53.9 Å². The molecule has 0 unspecified atom stereocenters. The maximum absolute atomic E-state index is 11.9. The van der Waals surface area contributed by atoms with Crippen LogP contribution in [0.5, 0.6) is 0 Å². The van der Waals surface area contributed by atoms with Gasteiger partial charge in [-0.15, -0.1) is 24.8 Å². The van der Waals surface area contributed by atoms with Crippen molar-refractivity contribution in [3.8, 4) is 0 Å². The molecule has 10 heteroatoms. The molecule has 0 heterocycles. The van der Waals surface area contributed by atoms with Gasteiger partial charge in [0.05, 0.1) is 12.6 Å². The van der Waals surface area contributed by atoms with Gasteiger partial charge in [0.15, 0.2) is 0 Å². The van der Waals surface area contributed by atoms with E-state index >= 15 is 0 Å². The Morgan fingerprint density at radius 3 is 1.86 bits per heavy atom. The number of nitrogens with one attached hydrogen (secondary N) is 3. The van der Waals surface area contributed by atoms with Gasteiger partial charge >= 0.3 is 0 Å². The van der Waals surface area contributed by atoms with Gasteiger partial charge < -0.3 is 26.6 Å². The second-order valence-corrected chi connectivity index (χ2v) is 6.71. The van der Waals surface area contributed by atoms with Gasteiger partial charge in [-0.2, -0.15) is 0 Å². The summed E-state index contributed by atoms with van der Waals surface area (Å²) in [6, 6.07) is 6.13. The van der Waals surface area contributed by atoms with Crippen LogP contribution in [-0.4, -0.2) is 55.8 Å². The largest absolute Gasteiger partial charge is 0.346 e. The molecule has 160 valence electrons. The van der Waals surface area contributed by atoms with Crippen LogP contribution < -0.4 is 21.7 Å². The molecule has 0 saturated carbocycles. The molecule has 3 amide bonds. The van der Waals surface area contributed by atoms with E-state index in [9.17, 15) is 14.4 Å². The van der Waals surface area contributed by atoms with Gasteiger partial charge in [0, 0.05) is 24.3 Å². The Kier molecular flexibility index (Phi) is 14.3. The van der Waals surface area contributed by atoms with E-state index in [1.807, 2.05) is 32.8 Å². The Hall–Kier alpha value is -1.87. The predicted molar refractivity (Wildman–Crippen MR) is 117 cm³/mol. The fraction of sp³-hybridized carbons (Fsp3) is 0.500. The Morgan fingerprint density at radius 1 is 0.964 bits per heavy atom. The lowest BCUT2D eigenvalue weighted by atomic mass is 10.1. The summed E-state index contributed by atoms with van der Waals surface area (Å²) in [6.07, 6.45) is 0.406. The Labute approximate surface area is 178 Å². The summed E-state index contributed by atoms with van der Waals surface area (Å²) in [6.45, 7) is 4.20. The number of benzene rings is 1. The molecule has 0 saturated heterocycles. The first-order chi connectivity index (χ1) is 12.2. The van der Waals surface area contributed by atoms with Crippen molar-refractivity contribution in [3.05, 3.63) is 24.3 Å². The third-order valence-corrected chi connectivity index (χ3v) is 3.68. The minimum Gasteiger partial charge on any atom is -0.346 e. The van der Waals surface area contributed by atoms with E-state index in [-0.39, 0.29) is 55.0 Å². The summed E-state index contributed by atoms with van der Waals surface area (Å²) in [5.74, 6) is -0.777. The van der Waals surface area contributed by atoms with Crippen molar-refractivity contribution in [1.29, 1.82) is 0 Å². The maximum Gasteiger partial charge on any atom is 0.243 e. The number of carbonyl (C=O) groups excluding carboxylic acids is 3. The molecule has 1 rings (SSSR count). The normalized spacial score (nSPS) is 11.1. The molecule has 5 N–H and O–H groups in total. The summed E-state index contributed by atoms with van der Waals surface area (Å²) >= 11 is 0. The van der Waals surface area contributed by atoms with Crippen LogP contribution in [0.2, 0.25) is 0 Å². The van der Waals surface area contributed by atoms with E-state index in [2.05, 4.69) is 16.0 Å². The van der Waals surface area contributed by atoms with Crippen LogP contribution in [-0.2, 0) is 14.4 Å². The lowest BCUT2D eigenvalue weighted by molar-refractivity contribution is -0.125. The summed E-state index contributed by atoms with van der Waals surface area (Å²) in [7, 11) is 3.81. The quantitative estimate of drug-likeness (QED) is 0.468. The highest BCUT2D eigenvalue weighted by molar-refractivity contribution is 5.96. The number of nitrogens with two attached hydrogens (primary N) is 1. The summed E-state index contributed by atoms with van der Waals surface area (Å²) < 4.78 is 0. The number of carbonyl (C=O) groups is 3. The van der Waals surface area contributed by atoms with Crippen LogP contribution in [0.15, 0.2) is 24.3 Å². The van der Waals surface area contributed by atoms with Gasteiger partial charge in [0.1, 0.15) is 0 Å². The van der Waals surface area contributed by atoms with Gasteiger partial charge in [0.25, 0.3) is 0 Å². The van der Waals surface area contributed by atoms with E-state index in [1.165, 1.54) is 0 Å². The van der Waals surface area contributed by atoms with Crippen molar-refractivity contribution in [2.75, 3.05) is 37.8 Å². The summed E-state index contributed by atoms with van der Waals surface area (Å²) in [5.41, 5.74) is 6.94. The summed E-state index contributed by atoms with van der Waals surface area (Å²) in [4.78, 5) is 37.3. The molecule has 28 heavy (non-hydrogen) atoms. The predicted octanol–water partition coefficient (Wildman–Crippen LogP) is 1.46. The van der Waals surface area contributed by atoms with Crippen LogP contribution in [0.3, 0.4) is 0 Å². The topological polar surface area (TPSA) is 117 Å². The number of hydrogen-bond donors (Lipinski definition) is 4. The van der Waals surface area contributed by atoms with Crippen LogP contribution in [0.1, 0.15) is 20.3 Å². The molecule has 0 aromatic heterocycles. The van der Waals surface area contributed by atoms with Crippen molar-refractivity contribution in [2.45, 2.75) is 26.3 Å². The SMILES string of the molecule is CC(C)[C@H](N)C(=O)NCC(=O)Nc1ccc(NC(=O)CCN(C)C)cc1.Cl.Cl. The van der Waals surface area contributed by atoms with Crippen molar-refractivity contribution in [1.82, 2.24) is 10.2 Å². The summed E-state index contributed by atoms with van der Waals surface area (Å²) in [5, 5.41) is 7.97. The molecule has 0 aliphatic carbocycles. The van der Waals surface area contributed by atoms with Gasteiger partial charge in [-0.05, 0) is 44.3 Å². The smallest absolute Gasteiger partial charge is 0.243 e. The lowest BCUT2D eigenvalue weighted by Gasteiger charge is -2.15. The molecule has 1 aromatic rings. The van der Waals surface area contributed by atoms with E-state index in [1.54, 1.807) is 24.3 Å². The third-order valence-electron chi connectivity index (χ3n) is 3.68. The van der Waals surface area contributed by atoms with Gasteiger partial charge in [0.2, 0.25) is 17.7 Å². The first kappa shape index (κ1) is 28.3. The van der Waals surface area contributed by atoms with Crippen LogP contribution in [0.4, 0.5) is 11.4 Å². The monoisotopic (exact) mass is 435 g/mol. The minimum atomic E-state index is -0.641. The highest BCUT2D eigenvalue weighted by atomic mass is 35.5. The van der Waals surface area contributed by atoms with Crippen molar-refractivity contribution in [3.63, 3.8) is 0 Å². The number of anilines is 2. The van der Waals surface area contributed by atoms with Crippen LogP contribution in [0.25, 0.3) is 0 Å². The van der Waals surface area contributed by atoms with Gasteiger partial charge in [-0.25, -0.2) is 0 Å². The second-order valence-electron chi connectivity index (χ2n) is 6.71. The number of hydrogen-bond acceptors (Lipinski definition) is 5. The van der Waals surface area contributed by atoms with Crippen LogP contribution >= 0.6 is 24.8 Å². The fourth-order valence-corrected chi connectivity index (χ4v) is 1.98. The zero-order valence-electron chi connectivity index (χ0n) is 16.7. The van der Waals surface area contributed by atoms with E-state index in [4.69, 9.17) is 5.73 Å². The first-order valence-corrected chi connectivity index (χ1v) is 8.57. The number of rotatable bonds is 9.